The van der Waals surface area contributed by atoms with E-state index in [1.165, 1.54) is 25.0 Å². The number of carbonyl (C=O) groups is 1. The highest BCUT2D eigenvalue weighted by Crippen LogP contribution is 2.49. The van der Waals surface area contributed by atoms with Crippen molar-refractivity contribution in [2.24, 2.45) is 17.3 Å². The molecule has 2 aliphatic rings. The number of benzene rings is 1. The summed E-state index contributed by atoms with van der Waals surface area (Å²) in [6, 6.07) is 6.46. The van der Waals surface area contributed by atoms with Crippen LogP contribution in [0, 0.1) is 24.2 Å². The van der Waals surface area contributed by atoms with Gasteiger partial charge in [-0.05, 0) is 77.3 Å². The number of aryl methyl sites for hydroxylation is 1. The second-order valence-electron chi connectivity index (χ2n) is 8.80. The van der Waals surface area contributed by atoms with Crippen molar-refractivity contribution >= 4 is 5.78 Å². The number of alkyl halides is 3. The maximum Gasteiger partial charge on any atom is 0.425 e. The van der Waals surface area contributed by atoms with Gasteiger partial charge in [0, 0.05) is 24.5 Å². The van der Waals surface area contributed by atoms with Gasteiger partial charge in [0.05, 0.1) is 0 Å². The van der Waals surface area contributed by atoms with Crippen molar-refractivity contribution in [3.05, 3.63) is 29.8 Å². The molecule has 1 aromatic rings. The lowest BCUT2D eigenvalue weighted by atomic mass is 9.68. The first-order valence-electron chi connectivity index (χ1n) is 11.0. The Morgan fingerprint density at radius 2 is 1.67 bits per heavy atom. The molecule has 2 fully saturated rings. The fourth-order valence-electron chi connectivity index (χ4n) is 4.34. The monoisotopic (exact) mass is 428 g/mol. The van der Waals surface area contributed by atoms with Gasteiger partial charge < -0.3 is 9.47 Å². The molecule has 0 radical (unpaired) electrons. The Bertz CT molecular complexity index is 661. The molecule has 30 heavy (non-hydrogen) atoms. The third kappa shape index (κ3) is 6.73. The summed E-state index contributed by atoms with van der Waals surface area (Å²) in [4.78, 5) is 12.2. The van der Waals surface area contributed by atoms with E-state index in [4.69, 9.17) is 9.47 Å². The molecule has 1 spiro atoms. The van der Waals surface area contributed by atoms with Crippen molar-refractivity contribution in [2.45, 2.75) is 78.5 Å². The minimum Gasteiger partial charge on any atom is -0.481 e. The van der Waals surface area contributed by atoms with Gasteiger partial charge >= 0.3 is 6.18 Å². The second kappa shape index (κ2) is 10.7. The van der Waals surface area contributed by atoms with Gasteiger partial charge in [0.25, 0.3) is 0 Å². The number of hydrogen-bond donors (Lipinski definition) is 0. The molecule has 3 rings (SSSR count). The molecule has 1 aromatic carbocycles. The summed E-state index contributed by atoms with van der Waals surface area (Å²) in [5.41, 5.74) is 1.07. The minimum absolute atomic E-state index is 0.0854. The van der Waals surface area contributed by atoms with E-state index in [1.807, 2.05) is 13.8 Å². The van der Waals surface area contributed by atoms with E-state index in [9.17, 15) is 18.0 Å². The number of ether oxygens (including phenoxy) is 2. The highest BCUT2D eigenvalue weighted by atomic mass is 19.4. The minimum atomic E-state index is -4.31. The van der Waals surface area contributed by atoms with Gasteiger partial charge in [0.15, 0.2) is 6.10 Å². The van der Waals surface area contributed by atoms with E-state index in [-0.39, 0.29) is 11.2 Å². The fourth-order valence-corrected chi connectivity index (χ4v) is 4.34. The Morgan fingerprint density at radius 1 is 1.10 bits per heavy atom. The lowest BCUT2D eigenvalue weighted by molar-refractivity contribution is -0.189. The summed E-state index contributed by atoms with van der Waals surface area (Å²) in [6.45, 7) is 8.71. The molecule has 2 unspecified atom stereocenters. The molecule has 170 valence electrons. The van der Waals surface area contributed by atoms with Crippen molar-refractivity contribution in [2.75, 3.05) is 13.2 Å². The first-order valence-corrected chi connectivity index (χ1v) is 11.0. The molecule has 0 aliphatic heterocycles. The first-order chi connectivity index (χ1) is 14.1. The summed E-state index contributed by atoms with van der Waals surface area (Å²) in [5, 5.41) is 0. The van der Waals surface area contributed by atoms with Gasteiger partial charge in [-0.1, -0.05) is 24.6 Å². The zero-order valence-corrected chi connectivity index (χ0v) is 18.6. The van der Waals surface area contributed by atoms with Gasteiger partial charge in [-0.15, -0.1) is 0 Å². The SMILES string of the molecule is CCOCC1CCC2(CC1)CCC(C)C2=O.Cc1ccc(OC(C)C(F)(F)F)cc1. The normalized spacial score (nSPS) is 27.5. The number of ketones is 1. The lowest BCUT2D eigenvalue weighted by Crippen LogP contribution is -2.33. The number of hydrogen-bond acceptors (Lipinski definition) is 3. The summed E-state index contributed by atoms with van der Waals surface area (Å²) >= 11 is 0. The topological polar surface area (TPSA) is 35.5 Å². The lowest BCUT2D eigenvalue weighted by Gasteiger charge is -2.36. The molecular formula is C24H35F3O3. The standard InChI is InChI=1S/C14H24O2.C10H11F3O/c1-3-16-10-12-5-8-14(9-6-12)7-4-11(2)13(14)15;1-7-3-5-9(6-4-7)14-8(2)10(11,12)13/h11-12H,3-10H2,1-2H3;3-6,8H,1-2H3. The van der Waals surface area contributed by atoms with Crippen LogP contribution >= 0.6 is 0 Å². The molecule has 0 saturated heterocycles. The molecule has 0 amide bonds. The molecule has 0 bridgehead atoms. The van der Waals surface area contributed by atoms with Gasteiger partial charge in [0.1, 0.15) is 11.5 Å². The third-order valence-electron chi connectivity index (χ3n) is 6.44. The van der Waals surface area contributed by atoms with Crippen LogP contribution in [0.1, 0.15) is 64.9 Å². The van der Waals surface area contributed by atoms with Gasteiger partial charge in [-0.25, -0.2) is 0 Å². The first kappa shape index (κ1) is 24.7. The Balaban J connectivity index is 0.000000216. The zero-order valence-electron chi connectivity index (χ0n) is 18.6. The van der Waals surface area contributed by atoms with Crippen LogP contribution in [0.2, 0.25) is 0 Å². The van der Waals surface area contributed by atoms with E-state index in [2.05, 4.69) is 6.92 Å². The largest absolute Gasteiger partial charge is 0.481 e. The van der Waals surface area contributed by atoms with Crippen LogP contribution in [0.25, 0.3) is 0 Å². The maximum atomic E-state index is 12.2. The highest BCUT2D eigenvalue weighted by molar-refractivity contribution is 5.88. The fraction of sp³-hybridized carbons (Fsp3) is 0.708. The highest BCUT2D eigenvalue weighted by Gasteiger charge is 2.47. The molecule has 2 aliphatic carbocycles. The van der Waals surface area contributed by atoms with E-state index in [0.29, 0.717) is 17.6 Å². The van der Waals surface area contributed by atoms with Crippen LogP contribution in [-0.2, 0) is 9.53 Å². The Morgan fingerprint density at radius 3 is 2.13 bits per heavy atom. The molecule has 2 saturated carbocycles. The van der Waals surface area contributed by atoms with Crippen molar-refractivity contribution in [3.63, 3.8) is 0 Å². The molecule has 0 N–H and O–H groups in total. The summed E-state index contributed by atoms with van der Waals surface area (Å²) in [6.07, 6.45) is 0.803. The second-order valence-corrected chi connectivity index (χ2v) is 8.80. The van der Waals surface area contributed by atoms with E-state index in [0.717, 1.165) is 51.4 Å². The van der Waals surface area contributed by atoms with E-state index in [1.54, 1.807) is 12.1 Å². The van der Waals surface area contributed by atoms with E-state index >= 15 is 0 Å². The Labute approximate surface area is 178 Å². The third-order valence-corrected chi connectivity index (χ3v) is 6.44. The van der Waals surface area contributed by atoms with Crippen molar-refractivity contribution in [1.29, 1.82) is 0 Å². The predicted octanol–water partition coefficient (Wildman–Crippen LogP) is 6.52. The zero-order chi connectivity index (χ0) is 22.4. The van der Waals surface area contributed by atoms with Gasteiger partial charge in [-0.3, -0.25) is 4.79 Å². The molecule has 3 nitrogen and oxygen atoms in total. The maximum absolute atomic E-state index is 12.2. The predicted molar refractivity (Wildman–Crippen MR) is 112 cm³/mol. The number of halogens is 3. The molecular weight excluding hydrogens is 393 g/mol. The molecule has 0 aromatic heterocycles. The number of Topliss-reactive ketones (excluding diaryl/α,β-unsaturated/α-hetero) is 1. The van der Waals surface area contributed by atoms with E-state index < -0.39 is 12.3 Å². The average Bonchev–Trinajstić information content (AvgIpc) is 2.98. The van der Waals surface area contributed by atoms with Crippen molar-refractivity contribution in [3.8, 4) is 5.75 Å². The summed E-state index contributed by atoms with van der Waals surface area (Å²) < 4.78 is 46.5. The average molecular weight is 429 g/mol. The number of rotatable bonds is 5. The van der Waals surface area contributed by atoms with Crippen LogP contribution in [0.5, 0.6) is 5.75 Å². The summed E-state index contributed by atoms with van der Waals surface area (Å²) in [5.74, 6) is 1.82. The van der Waals surface area contributed by atoms with Crippen molar-refractivity contribution in [1.82, 2.24) is 0 Å². The van der Waals surface area contributed by atoms with Gasteiger partial charge in [0.2, 0.25) is 0 Å². The van der Waals surface area contributed by atoms with Crippen molar-refractivity contribution < 1.29 is 27.4 Å². The van der Waals surface area contributed by atoms with Crippen LogP contribution in [-0.4, -0.2) is 31.3 Å². The molecule has 2 atom stereocenters. The molecule has 0 heterocycles. The summed E-state index contributed by atoms with van der Waals surface area (Å²) in [7, 11) is 0. The molecule has 6 heteroatoms. The van der Waals surface area contributed by atoms with Gasteiger partial charge in [-0.2, -0.15) is 13.2 Å². The number of carbonyl (C=O) groups excluding carboxylic acids is 1. The van der Waals surface area contributed by atoms with Crippen LogP contribution in [0.4, 0.5) is 13.2 Å². The van der Waals surface area contributed by atoms with Crippen LogP contribution in [0.15, 0.2) is 24.3 Å². The quantitative estimate of drug-likeness (QED) is 0.535. The van der Waals surface area contributed by atoms with Crippen LogP contribution in [0.3, 0.4) is 0 Å². The Kier molecular flexibility index (Phi) is 8.77. The Hall–Kier alpha value is -1.56. The smallest absolute Gasteiger partial charge is 0.425 e. The van der Waals surface area contributed by atoms with Crippen LogP contribution < -0.4 is 4.74 Å².